The maximum absolute atomic E-state index is 13.6. The molecule has 21 heavy (non-hydrogen) atoms. The minimum atomic E-state index is -0.932. The number of piperazine rings is 1. The Morgan fingerprint density at radius 1 is 1.48 bits per heavy atom. The molecule has 1 aliphatic heterocycles. The highest BCUT2D eigenvalue weighted by atomic mass is 35.5. The predicted molar refractivity (Wildman–Crippen MR) is 79.2 cm³/mol. The lowest BCUT2D eigenvalue weighted by atomic mass is 9.98. The van der Waals surface area contributed by atoms with Gasteiger partial charge in [0.15, 0.2) is 0 Å². The minimum Gasteiger partial charge on any atom is -0.352 e. The van der Waals surface area contributed by atoms with Gasteiger partial charge in [-0.2, -0.15) is 0 Å². The average Bonchev–Trinajstić information content (AvgIpc) is 2.41. The number of nitrogens with zero attached hydrogens (tertiary/aromatic N) is 1. The number of amides is 2. The number of hydrogen-bond acceptors (Lipinski definition) is 2. The van der Waals surface area contributed by atoms with Gasteiger partial charge in [-0.25, -0.2) is 4.39 Å². The molecule has 0 bridgehead atoms. The maximum atomic E-state index is 13.6. The van der Waals surface area contributed by atoms with E-state index in [0.29, 0.717) is 13.1 Å². The van der Waals surface area contributed by atoms with E-state index in [9.17, 15) is 14.0 Å². The fraction of sp³-hybridized carbons (Fsp3) is 0.333. The SMILES string of the molecule is CC1(C)C(=O)NCCN1C(=O)C=Cc1c(F)cccc1Cl. The van der Waals surface area contributed by atoms with Gasteiger partial charge in [0.25, 0.3) is 0 Å². The van der Waals surface area contributed by atoms with E-state index >= 15 is 0 Å². The Morgan fingerprint density at radius 2 is 2.19 bits per heavy atom. The molecule has 1 saturated heterocycles. The van der Waals surface area contributed by atoms with Crippen LogP contribution in [0.2, 0.25) is 5.02 Å². The monoisotopic (exact) mass is 310 g/mol. The van der Waals surface area contributed by atoms with Crippen molar-refractivity contribution in [3.05, 3.63) is 40.7 Å². The molecule has 6 heteroatoms. The fourth-order valence-electron chi connectivity index (χ4n) is 2.20. The summed E-state index contributed by atoms with van der Waals surface area (Å²) < 4.78 is 13.6. The van der Waals surface area contributed by atoms with E-state index in [0.717, 1.165) is 0 Å². The number of nitrogens with one attached hydrogen (secondary N) is 1. The second-order valence-corrected chi connectivity index (χ2v) is 5.68. The molecule has 2 rings (SSSR count). The van der Waals surface area contributed by atoms with Gasteiger partial charge in [-0.15, -0.1) is 0 Å². The number of hydrogen-bond donors (Lipinski definition) is 1. The van der Waals surface area contributed by atoms with Crippen molar-refractivity contribution < 1.29 is 14.0 Å². The van der Waals surface area contributed by atoms with Crippen LogP contribution in [-0.2, 0) is 9.59 Å². The van der Waals surface area contributed by atoms with Crippen LogP contribution in [0.3, 0.4) is 0 Å². The van der Waals surface area contributed by atoms with Gasteiger partial charge in [-0.05, 0) is 32.1 Å². The second-order valence-electron chi connectivity index (χ2n) is 5.27. The Bertz CT molecular complexity index is 593. The van der Waals surface area contributed by atoms with Gasteiger partial charge in [0, 0.05) is 24.7 Å². The van der Waals surface area contributed by atoms with Crippen LogP contribution in [0.15, 0.2) is 24.3 Å². The van der Waals surface area contributed by atoms with Crippen molar-refractivity contribution in [3.8, 4) is 0 Å². The minimum absolute atomic E-state index is 0.159. The van der Waals surface area contributed by atoms with E-state index in [2.05, 4.69) is 5.32 Å². The number of benzene rings is 1. The number of halogens is 2. The normalized spacial score (nSPS) is 17.9. The summed E-state index contributed by atoms with van der Waals surface area (Å²) in [6.45, 7) is 4.15. The van der Waals surface area contributed by atoms with Crippen molar-refractivity contribution in [1.29, 1.82) is 0 Å². The quantitative estimate of drug-likeness (QED) is 0.852. The first-order chi connectivity index (χ1) is 9.84. The van der Waals surface area contributed by atoms with E-state index in [1.54, 1.807) is 19.9 Å². The summed E-state index contributed by atoms with van der Waals surface area (Å²) in [5.41, 5.74) is -0.773. The second kappa shape index (κ2) is 5.85. The summed E-state index contributed by atoms with van der Waals surface area (Å²) in [6, 6.07) is 4.32. The Kier molecular flexibility index (Phi) is 4.32. The molecule has 1 N–H and O–H groups in total. The molecule has 2 amide bonds. The zero-order valence-electron chi connectivity index (χ0n) is 11.8. The molecule has 1 aromatic carbocycles. The third-order valence-electron chi connectivity index (χ3n) is 3.51. The predicted octanol–water partition coefficient (Wildman–Crippen LogP) is 2.23. The van der Waals surface area contributed by atoms with Crippen LogP contribution in [0, 0.1) is 5.82 Å². The molecule has 0 aromatic heterocycles. The molecular formula is C15H16ClFN2O2. The van der Waals surface area contributed by atoms with E-state index in [1.165, 1.54) is 29.2 Å². The van der Waals surface area contributed by atoms with Crippen molar-refractivity contribution in [2.75, 3.05) is 13.1 Å². The van der Waals surface area contributed by atoms with Crippen molar-refractivity contribution in [3.63, 3.8) is 0 Å². The topological polar surface area (TPSA) is 49.4 Å². The number of rotatable bonds is 2. The van der Waals surface area contributed by atoms with Gasteiger partial charge in [-0.3, -0.25) is 9.59 Å². The lowest BCUT2D eigenvalue weighted by Crippen LogP contribution is -2.63. The zero-order chi connectivity index (χ0) is 15.6. The molecule has 0 aliphatic carbocycles. The Hall–Kier alpha value is -1.88. The first-order valence-electron chi connectivity index (χ1n) is 6.56. The Labute approximate surface area is 127 Å². The molecule has 0 radical (unpaired) electrons. The van der Waals surface area contributed by atoms with E-state index in [4.69, 9.17) is 11.6 Å². The summed E-state index contributed by atoms with van der Waals surface area (Å²) in [6.07, 6.45) is 2.58. The first-order valence-corrected chi connectivity index (χ1v) is 6.94. The van der Waals surface area contributed by atoms with Crippen molar-refractivity contribution >= 4 is 29.5 Å². The molecule has 4 nitrogen and oxygen atoms in total. The van der Waals surface area contributed by atoms with Crippen LogP contribution in [0.4, 0.5) is 4.39 Å². The summed E-state index contributed by atoms with van der Waals surface area (Å²) in [4.78, 5) is 25.5. The van der Waals surface area contributed by atoms with Crippen molar-refractivity contribution in [1.82, 2.24) is 10.2 Å². The molecule has 112 valence electrons. The molecule has 1 aromatic rings. The van der Waals surface area contributed by atoms with Gasteiger partial charge in [0.05, 0.1) is 5.02 Å². The van der Waals surface area contributed by atoms with Gasteiger partial charge < -0.3 is 10.2 Å². The smallest absolute Gasteiger partial charge is 0.247 e. The van der Waals surface area contributed by atoms with E-state index < -0.39 is 11.4 Å². The summed E-state index contributed by atoms with van der Waals surface area (Å²) >= 11 is 5.90. The molecular weight excluding hydrogens is 295 g/mol. The molecule has 1 aliphatic rings. The van der Waals surface area contributed by atoms with Gasteiger partial charge in [0.2, 0.25) is 11.8 Å². The molecule has 0 unspecified atom stereocenters. The van der Waals surface area contributed by atoms with E-state index in [-0.39, 0.29) is 22.4 Å². The Morgan fingerprint density at radius 3 is 2.86 bits per heavy atom. The third kappa shape index (κ3) is 3.08. The zero-order valence-corrected chi connectivity index (χ0v) is 12.6. The first kappa shape index (κ1) is 15.5. The summed E-state index contributed by atoms with van der Waals surface area (Å²) in [7, 11) is 0. The van der Waals surface area contributed by atoms with Crippen LogP contribution in [0.1, 0.15) is 19.4 Å². The van der Waals surface area contributed by atoms with Crippen LogP contribution in [0.25, 0.3) is 6.08 Å². The van der Waals surface area contributed by atoms with Crippen LogP contribution in [0.5, 0.6) is 0 Å². The standard InChI is InChI=1S/C15H16ClFN2O2/c1-15(2)14(21)18-8-9-19(15)13(20)7-6-10-11(16)4-3-5-12(10)17/h3-7H,8-9H2,1-2H3,(H,18,21). The molecule has 0 saturated carbocycles. The van der Waals surface area contributed by atoms with E-state index in [1.807, 2.05) is 0 Å². The third-order valence-corrected chi connectivity index (χ3v) is 3.84. The van der Waals surface area contributed by atoms with Crippen LogP contribution >= 0.6 is 11.6 Å². The van der Waals surface area contributed by atoms with Crippen molar-refractivity contribution in [2.45, 2.75) is 19.4 Å². The molecule has 0 atom stereocenters. The van der Waals surface area contributed by atoms with Crippen LogP contribution < -0.4 is 5.32 Å². The lowest BCUT2D eigenvalue weighted by molar-refractivity contribution is -0.146. The van der Waals surface area contributed by atoms with Crippen LogP contribution in [-0.4, -0.2) is 35.3 Å². The lowest BCUT2D eigenvalue weighted by Gasteiger charge is -2.40. The molecule has 1 fully saturated rings. The average molecular weight is 311 g/mol. The highest BCUT2D eigenvalue weighted by Crippen LogP contribution is 2.22. The largest absolute Gasteiger partial charge is 0.352 e. The van der Waals surface area contributed by atoms with Crippen molar-refractivity contribution in [2.24, 2.45) is 0 Å². The highest BCUT2D eigenvalue weighted by Gasteiger charge is 2.39. The number of carbonyl (C=O) groups excluding carboxylic acids is 2. The summed E-state index contributed by atoms with van der Waals surface area (Å²) in [5.74, 6) is -1.06. The Balaban J connectivity index is 2.21. The maximum Gasteiger partial charge on any atom is 0.247 e. The van der Waals surface area contributed by atoms with Gasteiger partial charge >= 0.3 is 0 Å². The summed E-state index contributed by atoms with van der Waals surface area (Å²) in [5, 5.41) is 2.94. The molecule has 1 heterocycles. The number of carbonyl (C=O) groups is 2. The fourth-order valence-corrected chi connectivity index (χ4v) is 2.43. The highest BCUT2D eigenvalue weighted by molar-refractivity contribution is 6.32. The molecule has 0 spiro atoms. The van der Waals surface area contributed by atoms with Gasteiger partial charge in [0.1, 0.15) is 11.4 Å². The van der Waals surface area contributed by atoms with Gasteiger partial charge in [-0.1, -0.05) is 17.7 Å².